The van der Waals surface area contributed by atoms with Crippen molar-refractivity contribution in [2.24, 2.45) is 4.99 Å². The molecule has 3 aromatic carbocycles. The van der Waals surface area contributed by atoms with Gasteiger partial charge in [-0.1, -0.05) is 47.7 Å². The Morgan fingerprint density at radius 2 is 1.70 bits per heavy atom. The Balaban J connectivity index is 1.54. The van der Waals surface area contributed by atoms with Crippen LogP contribution >= 0.6 is 11.3 Å². The molecule has 2 heterocycles. The third-order valence-electron chi connectivity index (χ3n) is 7.07. The molecule has 0 spiro atoms. The molecule has 0 N–H and O–H groups in total. The van der Waals surface area contributed by atoms with E-state index < -0.39 is 12.0 Å². The van der Waals surface area contributed by atoms with E-state index in [0.29, 0.717) is 56.6 Å². The quantitative estimate of drug-likeness (QED) is 0.224. The van der Waals surface area contributed by atoms with Crippen molar-refractivity contribution in [3.63, 3.8) is 0 Å². The molecule has 1 aliphatic heterocycles. The van der Waals surface area contributed by atoms with Gasteiger partial charge in [0.15, 0.2) is 16.3 Å². The highest BCUT2D eigenvalue weighted by Gasteiger charge is 2.35. The smallest absolute Gasteiger partial charge is 0.338 e. The Labute approximate surface area is 259 Å². The average Bonchev–Trinajstić information content (AvgIpc) is 3.34. The van der Waals surface area contributed by atoms with Gasteiger partial charge in [0.2, 0.25) is 0 Å². The number of allylic oxidation sites excluding steroid dienone is 1. The van der Waals surface area contributed by atoms with Crippen LogP contribution in [0.4, 0.5) is 0 Å². The molecule has 0 bridgehead atoms. The second kappa shape index (κ2) is 13.6. The molecular formula is C34H34N2O7S. The van der Waals surface area contributed by atoms with Crippen LogP contribution in [0.2, 0.25) is 0 Å². The zero-order valence-corrected chi connectivity index (χ0v) is 26.1. The summed E-state index contributed by atoms with van der Waals surface area (Å²) < 4.78 is 30.2. The first-order valence-electron chi connectivity index (χ1n) is 14.2. The van der Waals surface area contributed by atoms with Crippen molar-refractivity contribution in [1.82, 2.24) is 4.57 Å². The molecule has 10 heteroatoms. The second-order valence-electron chi connectivity index (χ2n) is 9.82. The van der Waals surface area contributed by atoms with Gasteiger partial charge in [-0.25, -0.2) is 9.79 Å². The molecule has 1 aliphatic rings. The first-order chi connectivity index (χ1) is 21.4. The van der Waals surface area contributed by atoms with E-state index in [1.165, 1.54) is 11.3 Å². The van der Waals surface area contributed by atoms with Crippen molar-refractivity contribution in [3.8, 4) is 23.0 Å². The van der Waals surface area contributed by atoms with Crippen LogP contribution in [0.1, 0.15) is 43.5 Å². The van der Waals surface area contributed by atoms with Crippen LogP contribution in [0.5, 0.6) is 23.0 Å². The molecule has 228 valence electrons. The van der Waals surface area contributed by atoms with Crippen molar-refractivity contribution >= 4 is 23.4 Å². The predicted molar refractivity (Wildman–Crippen MR) is 168 cm³/mol. The van der Waals surface area contributed by atoms with Crippen LogP contribution in [0.15, 0.2) is 87.8 Å². The lowest BCUT2D eigenvalue weighted by molar-refractivity contribution is -0.139. The Morgan fingerprint density at radius 1 is 0.932 bits per heavy atom. The number of fused-ring (bicyclic) bond motifs is 1. The van der Waals surface area contributed by atoms with Gasteiger partial charge >= 0.3 is 5.97 Å². The number of methoxy groups -OCH3 is 2. The average molecular weight is 615 g/mol. The molecule has 0 amide bonds. The van der Waals surface area contributed by atoms with Gasteiger partial charge in [-0.3, -0.25) is 9.36 Å². The molecule has 44 heavy (non-hydrogen) atoms. The number of hydrogen-bond donors (Lipinski definition) is 0. The first-order valence-corrected chi connectivity index (χ1v) is 15.0. The van der Waals surface area contributed by atoms with Gasteiger partial charge in [-0.05, 0) is 68.3 Å². The summed E-state index contributed by atoms with van der Waals surface area (Å²) in [6.45, 7) is 6.37. The number of carbonyl (C=O) groups excluding carboxylic acids is 1. The summed E-state index contributed by atoms with van der Waals surface area (Å²) in [5, 5.41) is 0. The minimum absolute atomic E-state index is 0.196. The standard InChI is InChI=1S/C34H34N2O7S/c1-6-41-26-11-9-8-10-25(26)31-30(33(38)42-7-2)21(3)35-34-36(31)32(37)29(44-34)19-23-14-17-27(28(18-23)40-5)43-20-22-12-15-24(39-4)16-13-22/h8-19,31H,6-7,20H2,1-5H3/b29-19-/t31-/m0/s1. The van der Waals surface area contributed by atoms with Crippen LogP contribution in [-0.4, -0.2) is 38.0 Å². The zero-order chi connectivity index (χ0) is 31.2. The van der Waals surface area contributed by atoms with Crippen molar-refractivity contribution < 1.29 is 28.5 Å². The second-order valence-corrected chi connectivity index (χ2v) is 10.8. The molecule has 0 unspecified atom stereocenters. The minimum Gasteiger partial charge on any atom is -0.497 e. The minimum atomic E-state index is -0.765. The first kappa shape index (κ1) is 30.6. The monoisotopic (exact) mass is 614 g/mol. The normalized spacial score (nSPS) is 14.5. The lowest BCUT2D eigenvalue weighted by atomic mass is 9.95. The summed E-state index contributed by atoms with van der Waals surface area (Å²) in [4.78, 5) is 32.4. The van der Waals surface area contributed by atoms with Crippen molar-refractivity contribution in [2.75, 3.05) is 27.4 Å². The van der Waals surface area contributed by atoms with Gasteiger partial charge in [0.25, 0.3) is 5.56 Å². The van der Waals surface area contributed by atoms with Crippen LogP contribution in [0.3, 0.4) is 0 Å². The number of para-hydroxylation sites is 1. The van der Waals surface area contributed by atoms with Crippen molar-refractivity contribution in [1.29, 1.82) is 0 Å². The lowest BCUT2D eigenvalue weighted by Crippen LogP contribution is -2.40. The van der Waals surface area contributed by atoms with E-state index in [1.54, 1.807) is 38.7 Å². The van der Waals surface area contributed by atoms with E-state index in [1.807, 2.05) is 73.7 Å². The predicted octanol–water partition coefficient (Wildman–Crippen LogP) is 4.79. The number of aromatic nitrogens is 1. The third-order valence-corrected chi connectivity index (χ3v) is 8.05. The maximum Gasteiger partial charge on any atom is 0.338 e. The number of nitrogens with zero attached hydrogens (tertiary/aromatic N) is 2. The summed E-state index contributed by atoms with van der Waals surface area (Å²) in [7, 11) is 3.20. The summed E-state index contributed by atoms with van der Waals surface area (Å²) in [6, 6.07) is 19.8. The molecule has 9 nitrogen and oxygen atoms in total. The molecule has 1 atom stereocenters. The van der Waals surface area contributed by atoms with Gasteiger partial charge < -0.3 is 23.7 Å². The molecule has 0 radical (unpaired) electrons. The van der Waals surface area contributed by atoms with Crippen LogP contribution in [0.25, 0.3) is 6.08 Å². The molecule has 5 rings (SSSR count). The summed E-state index contributed by atoms with van der Waals surface area (Å²) in [5.74, 6) is 1.95. The Morgan fingerprint density at radius 3 is 2.41 bits per heavy atom. The molecule has 4 aromatic rings. The molecular weight excluding hydrogens is 580 g/mol. The van der Waals surface area contributed by atoms with Crippen molar-refractivity contribution in [3.05, 3.63) is 114 Å². The Kier molecular flexibility index (Phi) is 9.50. The molecule has 0 saturated heterocycles. The number of carbonyl (C=O) groups is 1. The summed E-state index contributed by atoms with van der Waals surface area (Å²) in [5.41, 5.74) is 2.93. The topological polar surface area (TPSA) is 97.6 Å². The van der Waals surface area contributed by atoms with E-state index in [-0.39, 0.29) is 12.2 Å². The van der Waals surface area contributed by atoms with E-state index in [2.05, 4.69) is 4.99 Å². The summed E-state index contributed by atoms with van der Waals surface area (Å²) in [6.07, 6.45) is 1.79. The number of thiazole rings is 1. The van der Waals surface area contributed by atoms with Crippen molar-refractivity contribution in [2.45, 2.75) is 33.4 Å². The zero-order valence-electron chi connectivity index (χ0n) is 25.3. The number of hydrogen-bond acceptors (Lipinski definition) is 9. The van der Waals surface area contributed by atoms with E-state index >= 15 is 0 Å². The Bertz CT molecular complexity index is 1870. The lowest BCUT2D eigenvalue weighted by Gasteiger charge is -2.26. The van der Waals surface area contributed by atoms with E-state index in [9.17, 15) is 9.59 Å². The molecule has 0 aliphatic carbocycles. The van der Waals surface area contributed by atoms with Gasteiger partial charge in [-0.15, -0.1) is 0 Å². The molecule has 1 aromatic heterocycles. The molecule has 0 fully saturated rings. The highest BCUT2D eigenvalue weighted by Crippen LogP contribution is 2.36. The maximum absolute atomic E-state index is 14.0. The fraction of sp³-hybridized carbons (Fsp3) is 0.265. The van der Waals surface area contributed by atoms with E-state index in [4.69, 9.17) is 23.7 Å². The Hall–Kier alpha value is -4.83. The number of esters is 1. The fourth-order valence-electron chi connectivity index (χ4n) is 5.01. The van der Waals surface area contributed by atoms with Crippen LogP contribution < -0.4 is 33.8 Å². The number of benzene rings is 3. The maximum atomic E-state index is 14.0. The van der Waals surface area contributed by atoms with E-state index in [0.717, 1.165) is 16.9 Å². The van der Waals surface area contributed by atoms with Crippen LogP contribution in [-0.2, 0) is 16.1 Å². The largest absolute Gasteiger partial charge is 0.497 e. The third kappa shape index (κ3) is 6.26. The number of ether oxygens (including phenoxy) is 5. The van der Waals surface area contributed by atoms with Crippen LogP contribution in [0, 0.1) is 0 Å². The van der Waals surface area contributed by atoms with Gasteiger partial charge in [0.1, 0.15) is 24.1 Å². The number of rotatable bonds is 11. The van der Waals surface area contributed by atoms with Gasteiger partial charge in [0.05, 0.1) is 43.2 Å². The SMILES string of the molecule is CCOC(=O)C1=C(C)N=c2s/c(=C\c3ccc(OCc4ccc(OC)cc4)c(OC)c3)c(=O)n2[C@H]1c1ccccc1OCC. The van der Waals surface area contributed by atoms with Gasteiger partial charge in [0, 0.05) is 5.56 Å². The van der Waals surface area contributed by atoms with Gasteiger partial charge in [-0.2, -0.15) is 0 Å². The fourth-order valence-corrected chi connectivity index (χ4v) is 6.05. The summed E-state index contributed by atoms with van der Waals surface area (Å²) >= 11 is 1.25. The molecule has 0 saturated carbocycles. The highest BCUT2D eigenvalue weighted by atomic mass is 32.1. The highest BCUT2D eigenvalue weighted by molar-refractivity contribution is 7.07.